The van der Waals surface area contributed by atoms with Crippen molar-refractivity contribution in [3.05, 3.63) is 40.4 Å². The number of rotatable bonds is 10. The lowest BCUT2D eigenvalue weighted by Gasteiger charge is -2.37. The second-order valence-electron chi connectivity index (χ2n) is 8.10. The highest BCUT2D eigenvalue weighted by atomic mass is 35.5. The van der Waals surface area contributed by atoms with E-state index in [4.69, 9.17) is 41.0 Å². The maximum Gasteiger partial charge on any atom is 0.320 e. The number of amides is 1. The molecule has 1 fully saturated rings. The Bertz CT molecular complexity index is 1080. The molecule has 0 aliphatic carbocycles. The molecular formula is C24H31ClN4O7. The smallest absolute Gasteiger partial charge is 0.320 e. The second-order valence-corrected chi connectivity index (χ2v) is 8.51. The number of ether oxygens (including phenoxy) is 5. The van der Waals surface area contributed by atoms with Crippen LogP contribution in [0.3, 0.4) is 0 Å². The number of hydrogen-bond donors (Lipinski definition) is 2. The van der Waals surface area contributed by atoms with Crippen LogP contribution in [0.15, 0.2) is 24.3 Å². The van der Waals surface area contributed by atoms with Crippen LogP contribution in [0.4, 0.5) is 5.82 Å². The fraction of sp³-hybridized carbons (Fsp3) is 0.458. The summed E-state index contributed by atoms with van der Waals surface area (Å²) in [6, 6.07) is 6.51. The van der Waals surface area contributed by atoms with Crippen molar-refractivity contribution < 1.29 is 33.3 Å². The van der Waals surface area contributed by atoms with Crippen molar-refractivity contribution in [1.29, 1.82) is 0 Å². The van der Waals surface area contributed by atoms with E-state index in [1.165, 1.54) is 20.3 Å². The van der Waals surface area contributed by atoms with Gasteiger partial charge in [0.25, 0.3) is 5.91 Å². The number of carbonyl (C=O) groups is 2. The average Bonchev–Trinajstić information content (AvgIpc) is 2.88. The monoisotopic (exact) mass is 522 g/mol. The largest absolute Gasteiger partial charge is 0.493 e. The van der Waals surface area contributed by atoms with E-state index in [1.807, 2.05) is 11.0 Å². The molecule has 11 nitrogen and oxygen atoms in total. The van der Waals surface area contributed by atoms with Crippen LogP contribution >= 0.6 is 11.6 Å². The summed E-state index contributed by atoms with van der Waals surface area (Å²) in [7, 11) is 6.03. The number of benzene rings is 1. The minimum atomic E-state index is -0.409. The number of esters is 1. The molecule has 0 bridgehead atoms. The Labute approximate surface area is 214 Å². The molecule has 3 N–H and O–H groups in total. The zero-order chi connectivity index (χ0) is 26.2. The van der Waals surface area contributed by atoms with Crippen molar-refractivity contribution >= 4 is 29.3 Å². The predicted octanol–water partition coefficient (Wildman–Crippen LogP) is 1.91. The fourth-order valence-electron chi connectivity index (χ4n) is 4.03. The van der Waals surface area contributed by atoms with Gasteiger partial charge in [-0.25, -0.2) is 0 Å². The van der Waals surface area contributed by atoms with E-state index < -0.39 is 5.91 Å². The normalized spacial score (nSPS) is 17.8. The minimum Gasteiger partial charge on any atom is -0.493 e. The molecule has 3 rings (SSSR count). The molecule has 1 amide bonds. The molecule has 1 aromatic heterocycles. The zero-order valence-electron chi connectivity index (χ0n) is 20.7. The van der Waals surface area contributed by atoms with Gasteiger partial charge in [-0.1, -0.05) is 23.7 Å². The van der Waals surface area contributed by atoms with Gasteiger partial charge >= 0.3 is 5.97 Å². The molecule has 12 heteroatoms. The Morgan fingerprint density at radius 3 is 2.64 bits per heavy atom. The Morgan fingerprint density at radius 2 is 1.97 bits per heavy atom. The number of anilines is 1. The van der Waals surface area contributed by atoms with Crippen LogP contribution in [0.25, 0.3) is 0 Å². The standard InChI is InChI=1S/C24H31ClN4O7/c1-32-18-7-5-6-14(21(18)34-3)13-36-20(30)12-29-9-8-17(19(11-29)33-2)27-23(31)15-10-16(25)22(26)28-24(15)35-4/h5-7,10,17,19H,8-9,11-13H2,1-4H3,(H2,26,28)(H,27,31)/t17-,19+/m0/s1. The van der Waals surface area contributed by atoms with Crippen molar-refractivity contribution in [2.24, 2.45) is 0 Å². The number of para-hydroxylation sites is 1. The van der Waals surface area contributed by atoms with Gasteiger partial charge < -0.3 is 34.7 Å². The summed E-state index contributed by atoms with van der Waals surface area (Å²) in [4.78, 5) is 31.3. The molecule has 2 aromatic rings. The molecule has 36 heavy (non-hydrogen) atoms. The van der Waals surface area contributed by atoms with Gasteiger partial charge in [0.1, 0.15) is 18.0 Å². The molecule has 1 aliphatic heterocycles. The van der Waals surface area contributed by atoms with Crippen LogP contribution < -0.4 is 25.3 Å². The molecule has 196 valence electrons. The van der Waals surface area contributed by atoms with Gasteiger partial charge in [0.15, 0.2) is 11.5 Å². The van der Waals surface area contributed by atoms with E-state index in [2.05, 4.69) is 10.3 Å². The number of pyridine rings is 1. The summed E-state index contributed by atoms with van der Waals surface area (Å²) < 4.78 is 26.9. The number of hydrogen-bond acceptors (Lipinski definition) is 10. The highest BCUT2D eigenvalue weighted by Gasteiger charge is 2.32. The molecule has 0 radical (unpaired) electrons. The number of nitrogens with two attached hydrogens (primary N) is 1. The summed E-state index contributed by atoms with van der Waals surface area (Å²) in [5.74, 6) is 0.449. The highest BCUT2D eigenvalue weighted by Crippen LogP contribution is 2.31. The third-order valence-electron chi connectivity index (χ3n) is 5.89. The van der Waals surface area contributed by atoms with E-state index >= 15 is 0 Å². The molecular weight excluding hydrogens is 492 g/mol. The number of nitrogens with zero attached hydrogens (tertiary/aromatic N) is 2. The van der Waals surface area contributed by atoms with E-state index in [0.29, 0.717) is 36.6 Å². The first-order valence-corrected chi connectivity index (χ1v) is 11.6. The molecule has 0 saturated carbocycles. The Hall–Kier alpha value is -3.28. The number of nitrogens with one attached hydrogen (secondary N) is 1. The minimum absolute atomic E-state index is 0.0550. The Kier molecular flexibility index (Phi) is 9.57. The molecule has 2 heterocycles. The van der Waals surface area contributed by atoms with Crippen molar-refractivity contribution in [1.82, 2.24) is 15.2 Å². The second kappa shape index (κ2) is 12.6. The molecule has 1 aliphatic rings. The number of piperidine rings is 1. The van der Waals surface area contributed by atoms with Crippen molar-refractivity contribution in [3.8, 4) is 17.4 Å². The quantitative estimate of drug-likeness (QED) is 0.445. The van der Waals surface area contributed by atoms with Gasteiger partial charge in [-0.2, -0.15) is 4.98 Å². The van der Waals surface area contributed by atoms with Crippen molar-refractivity contribution in [2.45, 2.75) is 25.2 Å². The SMILES string of the molecule is COc1cccc(COC(=O)CN2CC[C@H](NC(=O)c3cc(Cl)c(N)nc3OC)[C@H](OC)C2)c1OC. The van der Waals surface area contributed by atoms with Gasteiger partial charge in [-0.3, -0.25) is 14.5 Å². The van der Waals surface area contributed by atoms with E-state index in [0.717, 1.165) is 0 Å². The maximum absolute atomic E-state index is 12.9. The van der Waals surface area contributed by atoms with Crippen LogP contribution in [0, 0.1) is 0 Å². The van der Waals surface area contributed by atoms with E-state index in [1.54, 1.807) is 26.4 Å². The van der Waals surface area contributed by atoms with E-state index in [-0.39, 0.29) is 53.6 Å². The highest BCUT2D eigenvalue weighted by molar-refractivity contribution is 6.33. The Balaban J connectivity index is 1.56. The number of likely N-dealkylation sites (tertiary alicyclic amines) is 1. The lowest BCUT2D eigenvalue weighted by Crippen LogP contribution is -2.55. The van der Waals surface area contributed by atoms with Crippen LogP contribution in [-0.4, -0.2) is 82.0 Å². The fourth-order valence-corrected chi connectivity index (χ4v) is 4.18. The van der Waals surface area contributed by atoms with Crippen molar-refractivity contribution in [3.63, 3.8) is 0 Å². The zero-order valence-corrected chi connectivity index (χ0v) is 21.5. The number of carbonyl (C=O) groups excluding carboxylic acids is 2. The molecule has 0 unspecified atom stereocenters. The first-order chi connectivity index (χ1) is 17.3. The maximum atomic E-state index is 12.9. The van der Waals surface area contributed by atoms with Gasteiger partial charge in [0, 0.05) is 25.8 Å². The Morgan fingerprint density at radius 1 is 1.19 bits per heavy atom. The number of aromatic nitrogens is 1. The molecule has 1 aromatic carbocycles. The summed E-state index contributed by atoms with van der Waals surface area (Å²) in [5.41, 5.74) is 6.57. The summed E-state index contributed by atoms with van der Waals surface area (Å²) >= 11 is 6.04. The van der Waals surface area contributed by atoms with Gasteiger partial charge in [-0.15, -0.1) is 0 Å². The van der Waals surface area contributed by atoms with Crippen LogP contribution in [0.5, 0.6) is 17.4 Å². The topological polar surface area (TPSA) is 134 Å². The van der Waals surface area contributed by atoms with Gasteiger partial charge in [0.05, 0.1) is 45.0 Å². The molecule has 0 spiro atoms. The van der Waals surface area contributed by atoms with Crippen LogP contribution in [-0.2, 0) is 20.9 Å². The number of halogens is 1. The van der Waals surface area contributed by atoms with Gasteiger partial charge in [-0.05, 0) is 18.6 Å². The summed E-state index contributed by atoms with van der Waals surface area (Å²) in [6.45, 7) is 1.12. The number of nitrogen functional groups attached to an aromatic ring is 1. The lowest BCUT2D eigenvalue weighted by atomic mass is 10.0. The number of methoxy groups -OCH3 is 4. The van der Waals surface area contributed by atoms with Crippen molar-refractivity contribution in [2.75, 3.05) is 53.8 Å². The third-order valence-corrected chi connectivity index (χ3v) is 6.20. The average molecular weight is 523 g/mol. The van der Waals surface area contributed by atoms with E-state index in [9.17, 15) is 9.59 Å². The first kappa shape index (κ1) is 27.3. The van der Waals surface area contributed by atoms with Crippen LogP contribution in [0.1, 0.15) is 22.3 Å². The van der Waals surface area contributed by atoms with Crippen LogP contribution in [0.2, 0.25) is 5.02 Å². The lowest BCUT2D eigenvalue weighted by molar-refractivity contribution is -0.147. The first-order valence-electron chi connectivity index (χ1n) is 11.2. The summed E-state index contributed by atoms with van der Waals surface area (Å²) in [6.07, 6.45) is 0.205. The van der Waals surface area contributed by atoms with Gasteiger partial charge in [0.2, 0.25) is 5.88 Å². The third kappa shape index (κ3) is 6.48. The predicted molar refractivity (Wildman–Crippen MR) is 133 cm³/mol. The summed E-state index contributed by atoms with van der Waals surface area (Å²) in [5, 5.41) is 3.11. The molecule has 2 atom stereocenters. The molecule has 1 saturated heterocycles.